The van der Waals surface area contributed by atoms with Gasteiger partial charge in [0, 0.05) is 36.1 Å². The molecule has 0 amide bonds. The second-order valence-corrected chi connectivity index (χ2v) is 9.57. The molecule has 0 spiro atoms. The lowest BCUT2D eigenvalue weighted by Crippen LogP contribution is -2.17. The maximum absolute atomic E-state index is 14.4. The monoisotopic (exact) mass is 454 g/mol. The molecule has 1 saturated heterocycles. The highest BCUT2D eigenvalue weighted by Crippen LogP contribution is 2.41. The summed E-state index contributed by atoms with van der Waals surface area (Å²) < 4.78 is 24.3. The number of aryl methyl sites for hydroxylation is 1. The minimum atomic E-state index is -0.312. The van der Waals surface area contributed by atoms with E-state index in [1.165, 1.54) is 17.8 Å². The quantitative estimate of drug-likeness (QED) is 0.354. The van der Waals surface area contributed by atoms with Crippen molar-refractivity contribution < 1.29 is 13.9 Å². The third-order valence-corrected chi connectivity index (χ3v) is 7.25. The van der Waals surface area contributed by atoms with E-state index in [1.54, 1.807) is 18.2 Å². The number of benzene rings is 1. The molecule has 1 atom stereocenters. The van der Waals surface area contributed by atoms with Crippen LogP contribution in [-0.2, 0) is 11.3 Å². The van der Waals surface area contributed by atoms with E-state index < -0.39 is 0 Å². The predicted molar refractivity (Wildman–Crippen MR) is 122 cm³/mol. The zero-order valence-corrected chi connectivity index (χ0v) is 19.2. The summed E-state index contributed by atoms with van der Waals surface area (Å²) >= 11 is 1.38. The van der Waals surface area contributed by atoms with Gasteiger partial charge in [0.15, 0.2) is 16.8 Å². The van der Waals surface area contributed by atoms with Crippen LogP contribution in [0.4, 0.5) is 4.39 Å². The van der Waals surface area contributed by atoms with E-state index in [-0.39, 0.29) is 29.5 Å². The molecule has 8 heteroatoms. The molecule has 6 nitrogen and oxygen atoms in total. The number of nitrogens with zero attached hydrogens (tertiary/aromatic N) is 4. The zero-order valence-electron chi connectivity index (χ0n) is 18.4. The molecule has 2 fully saturated rings. The van der Waals surface area contributed by atoms with Crippen LogP contribution in [0.15, 0.2) is 35.5 Å². The Labute approximate surface area is 191 Å². The molecule has 1 aliphatic carbocycles. The van der Waals surface area contributed by atoms with Crippen LogP contribution in [0, 0.1) is 19.7 Å². The zero-order chi connectivity index (χ0) is 22.2. The third kappa shape index (κ3) is 4.13. The first-order valence-corrected chi connectivity index (χ1v) is 12.2. The fourth-order valence-electron chi connectivity index (χ4n) is 4.43. The number of hydrogen-bond acceptors (Lipinski definition) is 5. The summed E-state index contributed by atoms with van der Waals surface area (Å²) in [6.07, 6.45) is 4.43. The number of ether oxygens (including phenoxy) is 1. The third-order valence-electron chi connectivity index (χ3n) is 6.31. The van der Waals surface area contributed by atoms with Crippen LogP contribution in [0.2, 0.25) is 0 Å². The van der Waals surface area contributed by atoms with Crippen molar-refractivity contribution >= 4 is 17.5 Å². The van der Waals surface area contributed by atoms with E-state index in [1.807, 2.05) is 24.5 Å². The SMILES string of the molecule is Cc1cc(C(=O)CSc2nnc(-c3ccccc3F)n2C2CC2)c(C)n1CC1CCCO1. The van der Waals surface area contributed by atoms with Crippen LogP contribution < -0.4 is 0 Å². The van der Waals surface area contributed by atoms with Crippen LogP contribution in [0.25, 0.3) is 11.4 Å². The molecule has 3 heterocycles. The lowest BCUT2D eigenvalue weighted by Gasteiger charge is -2.14. The second-order valence-electron chi connectivity index (χ2n) is 8.63. The van der Waals surface area contributed by atoms with Crippen LogP contribution in [-0.4, -0.2) is 43.6 Å². The first-order valence-electron chi connectivity index (χ1n) is 11.2. The summed E-state index contributed by atoms with van der Waals surface area (Å²) in [5.74, 6) is 0.565. The average molecular weight is 455 g/mol. The van der Waals surface area contributed by atoms with E-state index in [4.69, 9.17) is 4.74 Å². The molecule has 1 aromatic carbocycles. The fraction of sp³-hybridized carbons (Fsp3) is 0.458. The summed E-state index contributed by atoms with van der Waals surface area (Å²) in [7, 11) is 0. The number of ketones is 1. The van der Waals surface area contributed by atoms with Gasteiger partial charge >= 0.3 is 0 Å². The van der Waals surface area contributed by atoms with Crippen LogP contribution in [0.1, 0.15) is 53.5 Å². The topological polar surface area (TPSA) is 61.9 Å². The highest BCUT2D eigenvalue weighted by atomic mass is 32.2. The Morgan fingerprint density at radius 1 is 1.22 bits per heavy atom. The Kier molecular flexibility index (Phi) is 5.90. The summed E-state index contributed by atoms with van der Waals surface area (Å²) in [6.45, 7) is 5.65. The van der Waals surface area contributed by atoms with E-state index in [2.05, 4.69) is 14.8 Å². The van der Waals surface area contributed by atoms with Gasteiger partial charge in [-0.15, -0.1) is 10.2 Å². The lowest BCUT2D eigenvalue weighted by molar-refractivity contribution is 0.0957. The Balaban J connectivity index is 1.33. The normalized spacial score (nSPS) is 18.4. The molecule has 2 aliphatic rings. The minimum absolute atomic E-state index is 0.0690. The summed E-state index contributed by atoms with van der Waals surface area (Å²) in [6, 6.07) is 8.87. The standard InChI is InChI=1S/C24H27FN4O2S/c1-15-12-20(16(2)28(15)13-18-6-5-11-31-18)22(30)14-32-24-27-26-23(29(24)17-9-10-17)19-7-3-4-8-21(19)25/h3-4,7-8,12,17-18H,5-6,9-11,13-14H2,1-2H3. The fourth-order valence-corrected chi connectivity index (χ4v) is 5.32. The summed E-state index contributed by atoms with van der Waals surface area (Å²) in [5.41, 5.74) is 3.26. The van der Waals surface area contributed by atoms with Gasteiger partial charge in [-0.1, -0.05) is 23.9 Å². The molecule has 0 N–H and O–H groups in total. The Morgan fingerprint density at radius 2 is 2.03 bits per heavy atom. The van der Waals surface area contributed by atoms with Crippen molar-refractivity contribution in [1.82, 2.24) is 19.3 Å². The van der Waals surface area contributed by atoms with Crippen molar-refractivity contribution in [1.29, 1.82) is 0 Å². The summed E-state index contributed by atoms with van der Waals surface area (Å²) in [5, 5.41) is 9.26. The average Bonchev–Trinajstić information content (AvgIpc) is 3.20. The highest BCUT2D eigenvalue weighted by molar-refractivity contribution is 7.99. The number of hydrogen-bond donors (Lipinski definition) is 0. The smallest absolute Gasteiger partial charge is 0.192 e. The van der Waals surface area contributed by atoms with Gasteiger partial charge in [0.1, 0.15) is 5.82 Å². The number of halogens is 1. The molecule has 3 aromatic rings. The Bertz CT molecular complexity index is 1150. The highest BCUT2D eigenvalue weighted by Gasteiger charge is 2.31. The van der Waals surface area contributed by atoms with Gasteiger partial charge in [0.05, 0.1) is 17.4 Å². The lowest BCUT2D eigenvalue weighted by atomic mass is 10.2. The van der Waals surface area contributed by atoms with E-state index in [0.717, 1.165) is 55.8 Å². The molecule has 1 unspecified atom stereocenters. The minimum Gasteiger partial charge on any atom is -0.376 e. The van der Waals surface area contributed by atoms with Crippen LogP contribution in [0.5, 0.6) is 0 Å². The van der Waals surface area contributed by atoms with E-state index in [9.17, 15) is 9.18 Å². The molecule has 168 valence electrons. The molecule has 1 saturated carbocycles. The maximum Gasteiger partial charge on any atom is 0.192 e. The molecular formula is C24H27FN4O2S. The van der Waals surface area contributed by atoms with Crippen molar-refractivity contribution in [3.05, 3.63) is 53.1 Å². The van der Waals surface area contributed by atoms with Gasteiger partial charge in [-0.05, 0) is 57.7 Å². The van der Waals surface area contributed by atoms with Crippen molar-refractivity contribution in [2.75, 3.05) is 12.4 Å². The first-order chi connectivity index (χ1) is 15.5. The first kappa shape index (κ1) is 21.4. The van der Waals surface area contributed by atoms with Crippen molar-refractivity contribution in [2.45, 2.75) is 63.4 Å². The van der Waals surface area contributed by atoms with Gasteiger partial charge in [-0.3, -0.25) is 9.36 Å². The van der Waals surface area contributed by atoms with Gasteiger partial charge in [0.25, 0.3) is 0 Å². The number of carbonyl (C=O) groups is 1. The summed E-state index contributed by atoms with van der Waals surface area (Å²) in [4.78, 5) is 13.1. The molecule has 0 radical (unpaired) electrons. The van der Waals surface area contributed by atoms with Gasteiger partial charge in [-0.25, -0.2) is 4.39 Å². The molecule has 1 aliphatic heterocycles. The Hall–Kier alpha value is -2.45. The number of carbonyl (C=O) groups excluding carboxylic acids is 1. The van der Waals surface area contributed by atoms with Crippen LogP contribution in [0.3, 0.4) is 0 Å². The molecule has 2 aromatic heterocycles. The van der Waals surface area contributed by atoms with E-state index >= 15 is 0 Å². The number of thioether (sulfide) groups is 1. The van der Waals surface area contributed by atoms with Crippen molar-refractivity contribution in [3.8, 4) is 11.4 Å². The predicted octanol–water partition coefficient (Wildman–Crippen LogP) is 4.99. The number of Topliss-reactive ketones (excluding diaryl/α,β-unsaturated/α-hetero) is 1. The molecule has 0 bridgehead atoms. The van der Waals surface area contributed by atoms with Crippen molar-refractivity contribution in [2.24, 2.45) is 0 Å². The largest absolute Gasteiger partial charge is 0.376 e. The molecular weight excluding hydrogens is 427 g/mol. The van der Waals surface area contributed by atoms with Gasteiger partial charge in [0.2, 0.25) is 0 Å². The second kappa shape index (κ2) is 8.83. The van der Waals surface area contributed by atoms with E-state index in [0.29, 0.717) is 16.5 Å². The Morgan fingerprint density at radius 3 is 2.75 bits per heavy atom. The number of rotatable bonds is 8. The molecule has 32 heavy (non-hydrogen) atoms. The van der Waals surface area contributed by atoms with Gasteiger partial charge in [-0.2, -0.15) is 0 Å². The van der Waals surface area contributed by atoms with Crippen molar-refractivity contribution in [3.63, 3.8) is 0 Å². The van der Waals surface area contributed by atoms with Crippen LogP contribution >= 0.6 is 11.8 Å². The molecule has 5 rings (SSSR count). The number of aromatic nitrogens is 4. The maximum atomic E-state index is 14.4. The van der Waals surface area contributed by atoms with Gasteiger partial charge < -0.3 is 9.30 Å².